The third-order valence-electron chi connectivity index (χ3n) is 9.29. The molecule has 2 atom stereocenters. The fourth-order valence-corrected chi connectivity index (χ4v) is 7.02. The van der Waals surface area contributed by atoms with Gasteiger partial charge in [-0.3, -0.25) is 9.11 Å². The van der Waals surface area contributed by atoms with E-state index < -0.39 is 20.2 Å². The fourth-order valence-electron chi connectivity index (χ4n) is 6.06. The topological polar surface area (TPSA) is 164 Å². The van der Waals surface area contributed by atoms with Crippen molar-refractivity contribution in [2.75, 3.05) is 77.6 Å². The lowest BCUT2D eigenvalue weighted by Gasteiger charge is -2.27. The Kier molecular flexibility index (Phi) is 36.4. The maximum Gasteiger partial charge on any atom is 0.264 e. The van der Waals surface area contributed by atoms with Crippen molar-refractivity contribution >= 4 is 20.2 Å². The Bertz CT molecular complexity index is 960. The molecule has 0 radical (unpaired) electrons. The molecule has 0 spiro atoms. The van der Waals surface area contributed by atoms with E-state index in [0.717, 1.165) is 25.7 Å². The van der Waals surface area contributed by atoms with E-state index in [0.29, 0.717) is 39.6 Å². The molecule has 14 heteroatoms. The summed E-state index contributed by atoms with van der Waals surface area (Å²) in [6.45, 7) is 12.1. The number of hydrogen-bond donors (Lipinski definition) is 2. The highest BCUT2D eigenvalue weighted by Crippen LogP contribution is 2.18. The predicted molar refractivity (Wildman–Crippen MR) is 222 cm³/mol. The SMILES string of the molecule is CCCCCCCCCCCCOCC(COCC(C)(C)COCC(COCCCCCCCCCCCC)OCCCS(=O)(=O)O)OCCCS(=O)(=O)O. The van der Waals surface area contributed by atoms with Gasteiger partial charge in [0.2, 0.25) is 0 Å². The van der Waals surface area contributed by atoms with Gasteiger partial charge in [0.05, 0.1) is 51.1 Å². The second kappa shape index (κ2) is 36.6. The van der Waals surface area contributed by atoms with Crippen molar-refractivity contribution in [3.63, 3.8) is 0 Å². The van der Waals surface area contributed by atoms with Crippen LogP contribution in [-0.2, 0) is 48.7 Å². The number of hydrogen-bond acceptors (Lipinski definition) is 10. The Morgan fingerprint density at radius 1 is 0.418 bits per heavy atom. The van der Waals surface area contributed by atoms with Crippen LogP contribution in [0.5, 0.6) is 0 Å². The molecule has 2 N–H and O–H groups in total. The van der Waals surface area contributed by atoms with Crippen LogP contribution >= 0.6 is 0 Å². The molecule has 0 heterocycles. The van der Waals surface area contributed by atoms with Gasteiger partial charge >= 0.3 is 0 Å². The second-order valence-corrected chi connectivity index (χ2v) is 19.1. The Hall–Kier alpha value is -0.420. The minimum Gasteiger partial charge on any atom is -0.379 e. The van der Waals surface area contributed by atoms with Gasteiger partial charge in [-0.15, -0.1) is 0 Å². The van der Waals surface area contributed by atoms with E-state index in [1.165, 1.54) is 103 Å². The number of ether oxygens (including phenoxy) is 6. The van der Waals surface area contributed by atoms with Crippen molar-refractivity contribution in [1.29, 1.82) is 0 Å². The molecule has 332 valence electrons. The third kappa shape index (κ3) is 43.0. The van der Waals surface area contributed by atoms with Crippen LogP contribution in [0.15, 0.2) is 0 Å². The zero-order chi connectivity index (χ0) is 40.9. The first kappa shape index (κ1) is 54.6. The van der Waals surface area contributed by atoms with Crippen LogP contribution < -0.4 is 0 Å². The van der Waals surface area contributed by atoms with E-state index in [-0.39, 0.29) is 68.4 Å². The Morgan fingerprint density at radius 2 is 0.709 bits per heavy atom. The predicted octanol–water partition coefficient (Wildman–Crippen LogP) is 9.25. The average molecular weight is 833 g/mol. The first-order valence-electron chi connectivity index (χ1n) is 21.7. The van der Waals surface area contributed by atoms with Crippen LogP contribution in [0.4, 0.5) is 0 Å². The van der Waals surface area contributed by atoms with Crippen molar-refractivity contribution < 1.29 is 54.4 Å². The van der Waals surface area contributed by atoms with Crippen LogP contribution in [0.3, 0.4) is 0 Å². The third-order valence-corrected chi connectivity index (χ3v) is 10.9. The summed E-state index contributed by atoms with van der Waals surface area (Å²) in [6, 6.07) is 0. The lowest BCUT2D eigenvalue weighted by Crippen LogP contribution is -2.33. The molecule has 12 nitrogen and oxygen atoms in total. The maximum absolute atomic E-state index is 11.1. The molecule has 0 saturated heterocycles. The Balaban J connectivity index is 4.60. The van der Waals surface area contributed by atoms with E-state index in [1.807, 2.05) is 13.8 Å². The smallest absolute Gasteiger partial charge is 0.264 e. The molecule has 0 aromatic rings. The van der Waals surface area contributed by atoms with Crippen LogP contribution in [0.1, 0.15) is 169 Å². The largest absolute Gasteiger partial charge is 0.379 e. The summed E-state index contributed by atoms with van der Waals surface area (Å²) < 4.78 is 98.3. The highest BCUT2D eigenvalue weighted by molar-refractivity contribution is 7.86. The summed E-state index contributed by atoms with van der Waals surface area (Å²) in [5, 5.41) is 0. The molecule has 0 fully saturated rings. The minimum absolute atomic E-state index is 0.162. The molecule has 0 aliphatic heterocycles. The Labute approximate surface area is 337 Å². The number of unbranched alkanes of at least 4 members (excludes halogenated alkanes) is 18. The molecule has 0 aromatic heterocycles. The summed E-state index contributed by atoms with van der Waals surface area (Å²) in [7, 11) is -8.10. The molecule has 0 bridgehead atoms. The molecule has 0 saturated carbocycles. The van der Waals surface area contributed by atoms with Crippen LogP contribution in [0.25, 0.3) is 0 Å². The van der Waals surface area contributed by atoms with E-state index in [9.17, 15) is 16.8 Å². The Morgan fingerprint density at radius 3 is 1.02 bits per heavy atom. The van der Waals surface area contributed by atoms with Gasteiger partial charge < -0.3 is 28.4 Å². The van der Waals surface area contributed by atoms with E-state index in [1.54, 1.807) is 0 Å². The fraction of sp³-hybridized carbons (Fsp3) is 1.00. The van der Waals surface area contributed by atoms with Gasteiger partial charge in [-0.05, 0) is 25.7 Å². The van der Waals surface area contributed by atoms with Gasteiger partial charge in [-0.2, -0.15) is 16.8 Å². The van der Waals surface area contributed by atoms with Gasteiger partial charge in [0.15, 0.2) is 0 Å². The van der Waals surface area contributed by atoms with E-state index in [4.69, 9.17) is 37.5 Å². The summed E-state index contributed by atoms with van der Waals surface area (Å²) in [5.74, 6) is -0.722. The highest BCUT2D eigenvalue weighted by atomic mass is 32.2. The molecular weight excluding hydrogens is 749 g/mol. The molecule has 2 unspecified atom stereocenters. The number of rotatable bonds is 44. The summed E-state index contributed by atoms with van der Waals surface area (Å²) in [4.78, 5) is 0. The second-order valence-electron chi connectivity index (χ2n) is 16.0. The normalized spacial score (nSPS) is 13.8. The minimum atomic E-state index is -4.05. The standard InChI is InChI=1S/C41H84O12S2/c1-5-7-9-11-13-15-17-19-21-23-27-48-33-39(52-29-25-31-54(42,43)44)35-50-37-41(3,4)38-51-36-40(53-30-26-32-55(45,46)47)34-49-28-24-22-20-18-16-14-12-10-8-6-2/h39-40H,5-38H2,1-4H3,(H,42,43,44)(H,45,46,47). The molecule has 0 aromatic carbocycles. The molecule has 55 heavy (non-hydrogen) atoms. The molecule has 0 amide bonds. The monoisotopic (exact) mass is 833 g/mol. The van der Waals surface area contributed by atoms with Crippen molar-refractivity contribution in [3.05, 3.63) is 0 Å². The first-order chi connectivity index (χ1) is 26.3. The van der Waals surface area contributed by atoms with Gasteiger partial charge in [0, 0.05) is 31.8 Å². The van der Waals surface area contributed by atoms with E-state index in [2.05, 4.69) is 13.8 Å². The van der Waals surface area contributed by atoms with Gasteiger partial charge in [0.25, 0.3) is 20.2 Å². The van der Waals surface area contributed by atoms with Crippen LogP contribution in [0, 0.1) is 5.41 Å². The zero-order valence-corrected chi connectivity index (χ0v) is 37.1. The van der Waals surface area contributed by atoms with Gasteiger partial charge in [0.1, 0.15) is 12.2 Å². The van der Waals surface area contributed by atoms with Crippen molar-refractivity contribution in [1.82, 2.24) is 0 Å². The molecule has 0 aliphatic rings. The van der Waals surface area contributed by atoms with E-state index >= 15 is 0 Å². The molecular formula is C41H84O12S2. The van der Waals surface area contributed by atoms with Crippen LogP contribution in [-0.4, -0.2) is 116 Å². The lowest BCUT2D eigenvalue weighted by molar-refractivity contribution is -0.0933. The van der Waals surface area contributed by atoms with Crippen LogP contribution in [0.2, 0.25) is 0 Å². The average Bonchev–Trinajstić information content (AvgIpc) is 3.11. The van der Waals surface area contributed by atoms with Gasteiger partial charge in [-0.25, -0.2) is 0 Å². The molecule has 0 rings (SSSR count). The van der Waals surface area contributed by atoms with Gasteiger partial charge in [-0.1, -0.05) is 143 Å². The summed E-state index contributed by atoms with van der Waals surface area (Å²) in [5.41, 5.74) is -0.348. The zero-order valence-electron chi connectivity index (χ0n) is 35.5. The van der Waals surface area contributed by atoms with Crippen molar-refractivity contribution in [2.24, 2.45) is 5.41 Å². The first-order valence-corrected chi connectivity index (χ1v) is 24.9. The maximum atomic E-state index is 11.1. The summed E-state index contributed by atoms with van der Waals surface area (Å²) >= 11 is 0. The van der Waals surface area contributed by atoms with Crippen molar-refractivity contribution in [3.8, 4) is 0 Å². The lowest BCUT2D eigenvalue weighted by atomic mass is 9.96. The quantitative estimate of drug-likeness (QED) is 0.0443. The molecule has 0 aliphatic carbocycles. The van der Waals surface area contributed by atoms with Crippen molar-refractivity contribution in [2.45, 2.75) is 181 Å². The highest BCUT2D eigenvalue weighted by Gasteiger charge is 2.22. The summed E-state index contributed by atoms with van der Waals surface area (Å²) in [6.07, 6.45) is 24.5.